The van der Waals surface area contributed by atoms with Gasteiger partial charge in [-0.05, 0) is 42.5 Å². The van der Waals surface area contributed by atoms with Gasteiger partial charge in [-0.1, -0.05) is 6.07 Å². The van der Waals surface area contributed by atoms with Crippen LogP contribution in [0.4, 0.5) is 5.69 Å². The Morgan fingerprint density at radius 3 is 2.88 bits per heavy atom. The second-order valence-corrected chi connectivity index (χ2v) is 6.57. The van der Waals surface area contributed by atoms with Gasteiger partial charge in [0.1, 0.15) is 13.2 Å². The Morgan fingerprint density at radius 2 is 1.96 bits per heavy atom. The molecular weight excluding hydrogens is 336 g/mol. The molecule has 0 saturated carbocycles. The zero-order valence-electron chi connectivity index (χ0n) is 13.4. The van der Waals surface area contributed by atoms with E-state index in [0.717, 1.165) is 33.0 Å². The van der Waals surface area contributed by atoms with Crippen LogP contribution in [0, 0.1) is 0 Å². The van der Waals surface area contributed by atoms with E-state index in [1.807, 2.05) is 48.5 Å². The molecule has 1 N–H and O–H groups in total. The Morgan fingerprint density at radius 1 is 1.08 bits per heavy atom. The average Bonchev–Trinajstić information content (AvgIpc) is 2.66. The molecule has 3 aromatic rings. The number of hydrogen-bond acceptors (Lipinski definition) is 5. The Labute approximate surface area is 149 Å². The highest BCUT2D eigenvalue weighted by Gasteiger charge is 2.13. The zero-order valence-corrected chi connectivity index (χ0v) is 14.2. The Balaban J connectivity index is 1.42. The van der Waals surface area contributed by atoms with Crippen molar-refractivity contribution < 1.29 is 14.3 Å². The van der Waals surface area contributed by atoms with Crippen LogP contribution in [0.2, 0.25) is 0 Å². The first-order chi connectivity index (χ1) is 12.3. The quantitative estimate of drug-likeness (QED) is 0.725. The SMILES string of the molecule is O=C(CSc1ccc2c(c1)OCCO2)Nc1cccc2ncccc12. The lowest BCUT2D eigenvalue weighted by molar-refractivity contribution is -0.113. The van der Waals surface area contributed by atoms with Crippen LogP contribution >= 0.6 is 11.8 Å². The molecule has 0 aliphatic carbocycles. The number of aromatic nitrogens is 1. The summed E-state index contributed by atoms with van der Waals surface area (Å²) in [5, 5.41) is 3.89. The average molecular weight is 352 g/mol. The predicted molar refractivity (Wildman–Crippen MR) is 98.5 cm³/mol. The molecule has 0 atom stereocenters. The number of nitrogens with zero attached hydrogens (tertiary/aromatic N) is 1. The number of fused-ring (bicyclic) bond motifs is 2. The van der Waals surface area contributed by atoms with Gasteiger partial charge in [0.15, 0.2) is 11.5 Å². The molecule has 6 heteroatoms. The van der Waals surface area contributed by atoms with Gasteiger partial charge in [-0.15, -0.1) is 11.8 Å². The van der Waals surface area contributed by atoms with Crippen molar-refractivity contribution in [2.75, 3.05) is 24.3 Å². The third-order valence-corrected chi connectivity index (χ3v) is 4.80. The lowest BCUT2D eigenvalue weighted by atomic mass is 10.2. The molecule has 0 spiro atoms. The van der Waals surface area contributed by atoms with Crippen molar-refractivity contribution in [1.29, 1.82) is 0 Å². The van der Waals surface area contributed by atoms with Crippen LogP contribution in [0.15, 0.2) is 59.6 Å². The van der Waals surface area contributed by atoms with Gasteiger partial charge in [0.05, 0.1) is 17.0 Å². The summed E-state index contributed by atoms with van der Waals surface area (Å²) in [6, 6.07) is 15.2. The number of anilines is 1. The molecule has 1 amide bonds. The molecule has 0 radical (unpaired) electrons. The maximum Gasteiger partial charge on any atom is 0.234 e. The molecule has 2 heterocycles. The fourth-order valence-corrected chi connectivity index (χ4v) is 3.39. The number of benzene rings is 2. The van der Waals surface area contributed by atoms with E-state index in [9.17, 15) is 4.79 Å². The molecule has 0 fully saturated rings. The van der Waals surface area contributed by atoms with Crippen molar-refractivity contribution in [3.8, 4) is 11.5 Å². The molecule has 126 valence electrons. The maximum atomic E-state index is 12.3. The van der Waals surface area contributed by atoms with Gasteiger partial charge in [-0.3, -0.25) is 9.78 Å². The first-order valence-corrected chi connectivity index (χ1v) is 8.94. The molecule has 1 aromatic heterocycles. The summed E-state index contributed by atoms with van der Waals surface area (Å²) in [4.78, 5) is 17.6. The van der Waals surface area contributed by atoms with Gasteiger partial charge in [0.2, 0.25) is 5.91 Å². The van der Waals surface area contributed by atoms with Gasteiger partial charge in [-0.2, -0.15) is 0 Å². The number of rotatable bonds is 4. The number of carbonyl (C=O) groups is 1. The molecular formula is C19H16N2O3S. The van der Waals surface area contributed by atoms with Gasteiger partial charge in [0, 0.05) is 16.5 Å². The van der Waals surface area contributed by atoms with E-state index < -0.39 is 0 Å². The lowest BCUT2D eigenvalue weighted by Crippen LogP contribution is -2.15. The van der Waals surface area contributed by atoms with Crippen molar-refractivity contribution in [2.45, 2.75) is 4.90 Å². The van der Waals surface area contributed by atoms with Crippen LogP contribution in [0.1, 0.15) is 0 Å². The largest absolute Gasteiger partial charge is 0.486 e. The maximum absolute atomic E-state index is 12.3. The predicted octanol–water partition coefficient (Wildman–Crippen LogP) is 3.74. The summed E-state index contributed by atoms with van der Waals surface area (Å²) < 4.78 is 11.1. The van der Waals surface area contributed by atoms with E-state index in [-0.39, 0.29) is 5.91 Å². The second-order valence-electron chi connectivity index (χ2n) is 5.52. The summed E-state index contributed by atoms with van der Waals surface area (Å²) in [6.45, 7) is 1.12. The van der Waals surface area contributed by atoms with Gasteiger partial charge >= 0.3 is 0 Å². The first-order valence-electron chi connectivity index (χ1n) is 7.96. The molecule has 0 bridgehead atoms. The smallest absolute Gasteiger partial charge is 0.234 e. The molecule has 25 heavy (non-hydrogen) atoms. The van der Waals surface area contributed by atoms with Crippen LogP contribution in [-0.2, 0) is 4.79 Å². The monoisotopic (exact) mass is 352 g/mol. The summed E-state index contributed by atoms with van der Waals surface area (Å²) in [5.41, 5.74) is 1.64. The Kier molecular flexibility index (Phi) is 4.43. The fourth-order valence-electron chi connectivity index (χ4n) is 2.66. The highest BCUT2D eigenvalue weighted by Crippen LogP contribution is 2.34. The first kappa shape index (κ1) is 15.8. The van der Waals surface area contributed by atoms with E-state index in [4.69, 9.17) is 9.47 Å². The molecule has 1 aliphatic rings. The molecule has 2 aromatic carbocycles. The van der Waals surface area contributed by atoms with E-state index in [0.29, 0.717) is 19.0 Å². The van der Waals surface area contributed by atoms with E-state index >= 15 is 0 Å². The number of amides is 1. The van der Waals surface area contributed by atoms with Crippen molar-refractivity contribution in [3.63, 3.8) is 0 Å². The van der Waals surface area contributed by atoms with Crippen LogP contribution < -0.4 is 14.8 Å². The van der Waals surface area contributed by atoms with Crippen LogP contribution in [0.25, 0.3) is 10.9 Å². The summed E-state index contributed by atoms with van der Waals surface area (Å²) >= 11 is 1.46. The minimum Gasteiger partial charge on any atom is -0.486 e. The zero-order chi connectivity index (χ0) is 17.1. The third kappa shape index (κ3) is 3.53. The van der Waals surface area contributed by atoms with Gasteiger partial charge in [-0.25, -0.2) is 0 Å². The van der Waals surface area contributed by atoms with Gasteiger partial charge < -0.3 is 14.8 Å². The third-order valence-electron chi connectivity index (χ3n) is 3.80. The summed E-state index contributed by atoms with van der Waals surface area (Å²) in [7, 11) is 0. The van der Waals surface area contributed by atoms with Crippen LogP contribution in [-0.4, -0.2) is 29.9 Å². The number of thioether (sulfide) groups is 1. The van der Waals surface area contributed by atoms with Crippen molar-refractivity contribution >= 4 is 34.3 Å². The van der Waals surface area contributed by atoms with Crippen LogP contribution in [0.5, 0.6) is 11.5 Å². The topological polar surface area (TPSA) is 60.5 Å². The van der Waals surface area contributed by atoms with Gasteiger partial charge in [0.25, 0.3) is 0 Å². The Hall–Kier alpha value is -2.73. The lowest BCUT2D eigenvalue weighted by Gasteiger charge is -2.18. The molecule has 5 nitrogen and oxygen atoms in total. The van der Waals surface area contributed by atoms with E-state index in [1.165, 1.54) is 11.8 Å². The van der Waals surface area contributed by atoms with E-state index in [2.05, 4.69) is 10.3 Å². The number of pyridine rings is 1. The highest BCUT2D eigenvalue weighted by atomic mass is 32.2. The Bertz CT molecular complexity index is 924. The van der Waals surface area contributed by atoms with E-state index in [1.54, 1.807) is 6.20 Å². The number of ether oxygens (including phenoxy) is 2. The van der Waals surface area contributed by atoms with Crippen molar-refractivity contribution in [3.05, 3.63) is 54.7 Å². The number of hydrogen-bond donors (Lipinski definition) is 1. The van der Waals surface area contributed by atoms with Crippen LogP contribution in [0.3, 0.4) is 0 Å². The molecule has 4 rings (SSSR count). The minimum absolute atomic E-state index is 0.0590. The molecule has 1 aliphatic heterocycles. The fraction of sp³-hybridized carbons (Fsp3) is 0.158. The second kappa shape index (κ2) is 7.03. The standard InChI is InChI=1S/C19H16N2O3S/c22-19(21-16-5-1-4-15-14(16)3-2-8-20-15)12-25-13-6-7-17-18(11-13)24-10-9-23-17/h1-8,11H,9-10,12H2,(H,21,22). The molecule has 0 saturated heterocycles. The van der Waals surface area contributed by atoms with Crippen molar-refractivity contribution in [2.24, 2.45) is 0 Å². The van der Waals surface area contributed by atoms with Crippen molar-refractivity contribution in [1.82, 2.24) is 4.98 Å². The summed E-state index contributed by atoms with van der Waals surface area (Å²) in [5.74, 6) is 1.74. The number of carbonyl (C=O) groups excluding carboxylic acids is 1. The highest BCUT2D eigenvalue weighted by molar-refractivity contribution is 8.00. The summed E-state index contributed by atoms with van der Waals surface area (Å²) in [6.07, 6.45) is 1.74. The number of nitrogens with one attached hydrogen (secondary N) is 1. The minimum atomic E-state index is -0.0590. The molecule has 0 unspecified atom stereocenters. The normalized spacial score (nSPS) is 12.8.